The summed E-state index contributed by atoms with van der Waals surface area (Å²) in [6, 6.07) is 21.1. The second-order valence-corrected chi connectivity index (χ2v) is 15.6. The van der Waals surface area contributed by atoms with Crippen LogP contribution >= 0.6 is 0 Å². The summed E-state index contributed by atoms with van der Waals surface area (Å²) in [4.78, 5) is -0.0743. The van der Waals surface area contributed by atoms with E-state index in [0.29, 0.717) is 0 Å². The summed E-state index contributed by atoms with van der Waals surface area (Å²) in [6.07, 6.45) is -1.86. The van der Waals surface area contributed by atoms with Gasteiger partial charge in [-0.3, -0.25) is 0 Å². The van der Waals surface area contributed by atoms with E-state index in [1.807, 2.05) is 37.3 Å². The number of aliphatic hydroxyl groups is 1. The van der Waals surface area contributed by atoms with Crippen LogP contribution in [0.1, 0.15) is 27.7 Å². The molecule has 176 valence electrons. The summed E-state index contributed by atoms with van der Waals surface area (Å²) in [5, 5.41) is 11.2. The average molecular weight is 524 g/mol. The molecule has 1 saturated heterocycles. The molecule has 0 spiro atoms. The second kappa shape index (κ2) is 11.7. The van der Waals surface area contributed by atoms with E-state index in [9.17, 15) is 5.11 Å². The van der Waals surface area contributed by atoms with E-state index in [1.54, 1.807) is 7.11 Å². The molecule has 1 heterocycles. The van der Waals surface area contributed by atoms with Gasteiger partial charge in [-0.2, -0.15) is 0 Å². The van der Waals surface area contributed by atoms with Gasteiger partial charge in [0.2, 0.25) is 0 Å². The van der Waals surface area contributed by atoms with Crippen LogP contribution in [0.15, 0.2) is 54.6 Å². The molecule has 2 aromatic carbocycles. The third-order valence-corrected chi connectivity index (χ3v) is 13.8. The van der Waals surface area contributed by atoms with Crippen LogP contribution in [-0.2, 0) is 9.16 Å². The topological polar surface area (TPSA) is 57.2 Å². The Hall–Kier alpha value is -1.34. The molecule has 0 unspecified atom stereocenters. The molecular formula is C25H36O5SeSi. The monoisotopic (exact) mass is 524 g/mol. The number of rotatable bonds is 10. The van der Waals surface area contributed by atoms with Crippen LogP contribution in [0.3, 0.4) is 0 Å². The Labute approximate surface area is 199 Å². The Morgan fingerprint density at radius 3 is 2.09 bits per heavy atom. The van der Waals surface area contributed by atoms with E-state index in [4.69, 9.17) is 18.6 Å². The summed E-state index contributed by atoms with van der Waals surface area (Å²) < 4.78 is 26.0. The van der Waals surface area contributed by atoms with Crippen LogP contribution < -0.4 is 13.9 Å². The first-order valence-electron chi connectivity index (χ1n) is 11.5. The van der Waals surface area contributed by atoms with Crippen molar-refractivity contribution < 1.29 is 23.7 Å². The predicted octanol–water partition coefficient (Wildman–Crippen LogP) is 4.39. The summed E-state index contributed by atoms with van der Waals surface area (Å²) in [5.74, 6) is 1.50. The predicted molar refractivity (Wildman–Crippen MR) is 132 cm³/mol. The molecular weight excluding hydrogens is 487 g/mol. The van der Waals surface area contributed by atoms with Crippen molar-refractivity contribution in [2.24, 2.45) is 0 Å². The minimum atomic E-state index is -1.95. The van der Waals surface area contributed by atoms with E-state index < -0.39 is 20.7 Å². The Morgan fingerprint density at radius 1 is 0.938 bits per heavy atom. The van der Waals surface area contributed by atoms with E-state index >= 15 is 0 Å². The zero-order chi connectivity index (χ0) is 23.1. The maximum absolute atomic E-state index is 11.2. The molecule has 1 fully saturated rings. The van der Waals surface area contributed by atoms with Gasteiger partial charge in [0, 0.05) is 0 Å². The normalized spacial score (nSPS) is 26.0. The van der Waals surface area contributed by atoms with E-state index in [0.717, 1.165) is 29.6 Å². The first-order chi connectivity index (χ1) is 15.4. The number of benzene rings is 2. The molecule has 32 heavy (non-hydrogen) atoms. The van der Waals surface area contributed by atoms with E-state index in [2.05, 4.69) is 45.0 Å². The summed E-state index contributed by atoms with van der Waals surface area (Å²) in [6.45, 7) is 8.56. The van der Waals surface area contributed by atoms with Gasteiger partial charge in [0.15, 0.2) is 0 Å². The Morgan fingerprint density at radius 2 is 1.53 bits per heavy atom. The molecule has 0 aromatic heterocycles. The van der Waals surface area contributed by atoms with Crippen molar-refractivity contribution in [2.45, 2.75) is 75.2 Å². The molecule has 0 bridgehead atoms. The van der Waals surface area contributed by atoms with Crippen LogP contribution in [0.25, 0.3) is 0 Å². The van der Waals surface area contributed by atoms with Gasteiger partial charge in [-0.15, -0.1) is 0 Å². The Kier molecular flexibility index (Phi) is 9.23. The molecule has 1 aliphatic rings. The first-order valence-corrected chi connectivity index (χ1v) is 15.9. The van der Waals surface area contributed by atoms with Crippen LogP contribution in [0.4, 0.5) is 0 Å². The molecule has 5 nitrogen and oxygen atoms in total. The minimum absolute atomic E-state index is 0.000448. The zero-order valence-electron chi connectivity index (χ0n) is 19.7. The van der Waals surface area contributed by atoms with Gasteiger partial charge in [0.05, 0.1) is 0 Å². The molecule has 1 N–H and O–H groups in total. The average Bonchev–Trinajstić information content (AvgIpc) is 2.83. The van der Waals surface area contributed by atoms with Crippen molar-refractivity contribution in [2.75, 3.05) is 7.11 Å². The van der Waals surface area contributed by atoms with Crippen molar-refractivity contribution in [1.82, 2.24) is 0 Å². The molecule has 1 aliphatic heterocycles. The third kappa shape index (κ3) is 5.96. The Bertz CT molecular complexity index is 807. The van der Waals surface area contributed by atoms with Gasteiger partial charge in [0.25, 0.3) is 0 Å². The number of ether oxygens (including phenoxy) is 3. The fraction of sp³-hybridized carbons (Fsp3) is 0.520. The fourth-order valence-corrected chi connectivity index (χ4v) is 9.70. The van der Waals surface area contributed by atoms with Gasteiger partial charge in [-0.1, -0.05) is 0 Å². The van der Waals surface area contributed by atoms with Crippen LogP contribution in [0.5, 0.6) is 11.5 Å². The molecule has 7 heteroatoms. The molecule has 0 radical (unpaired) electrons. The van der Waals surface area contributed by atoms with Crippen LogP contribution in [-0.4, -0.2) is 60.1 Å². The summed E-state index contributed by atoms with van der Waals surface area (Å²) in [7, 11) is -0.299. The standard InChI is InChI=1S/C25H36O5SeSi/c1-6-32(7-2,8-3)30-23-22(26)18(4)28-25(24(23)31-21-12-10-9-11-13-21)29-20-16-14-19(27-5)15-17-20/h9-18,22-26H,6-8H2,1-5H3/t18-,22-,23+,24-,25+/m1/s1. The molecule has 3 rings (SSSR count). The van der Waals surface area contributed by atoms with E-state index in [1.165, 1.54) is 4.46 Å². The van der Waals surface area contributed by atoms with Crippen molar-refractivity contribution in [3.05, 3.63) is 54.6 Å². The summed E-state index contributed by atoms with van der Waals surface area (Å²) >= 11 is -0.000448. The van der Waals surface area contributed by atoms with Crippen LogP contribution in [0.2, 0.25) is 22.9 Å². The summed E-state index contributed by atoms with van der Waals surface area (Å²) in [5.41, 5.74) is 0. The number of methoxy groups -OCH3 is 1. The van der Waals surface area contributed by atoms with Crippen molar-refractivity contribution in [1.29, 1.82) is 0 Å². The zero-order valence-corrected chi connectivity index (χ0v) is 22.4. The molecule has 0 aliphatic carbocycles. The molecule has 0 amide bonds. The van der Waals surface area contributed by atoms with Crippen molar-refractivity contribution in [3.8, 4) is 11.5 Å². The van der Waals surface area contributed by atoms with Gasteiger partial charge in [-0.25, -0.2) is 0 Å². The van der Waals surface area contributed by atoms with Crippen LogP contribution in [0, 0.1) is 0 Å². The van der Waals surface area contributed by atoms with Crippen molar-refractivity contribution >= 4 is 27.7 Å². The fourth-order valence-electron chi connectivity index (χ4n) is 4.07. The molecule has 0 saturated carbocycles. The molecule has 2 aromatic rings. The third-order valence-electron chi connectivity index (χ3n) is 6.40. The quantitative estimate of drug-likeness (QED) is 0.469. The Balaban J connectivity index is 1.93. The number of aliphatic hydroxyl groups excluding tert-OH is 1. The van der Waals surface area contributed by atoms with Gasteiger partial charge in [0.1, 0.15) is 0 Å². The van der Waals surface area contributed by atoms with Gasteiger partial charge >= 0.3 is 200 Å². The van der Waals surface area contributed by atoms with Crippen molar-refractivity contribution in [3.63, 3.8) is 0 Å². The SMILES string of the molecule is CC[Si](CC)(CC)O[C@H]1[C@H](O)[C@@H](C)O[C@@H](Oc2ccc(OC)cc2)[C@@H]1[Se]c1ccccc1. The second-order valence-electron chi connectivity index (χ2n) is 8.22. The number of hydrogen-bond acceptors (Lipinski definition) is 5. The van der Waals surface area contributed by atoms with Gasteiger partial charge in [-0.05, 0) is 0 Å². The maximum atomic E-state index is 11.2. The first kappa shape index (κ1) is 25.3. The molecule has 5 atom stereocenters. The van der Waals surface area contributed by atoms with Gasteiger partial charge < -0.3 is 0 Å². The van der Waals surface area contributed by atoms with E-state index in [-0.39, 0.29) is 32.0 Å². The number of hydrogen-bond donors (Lipinski definition) is 1.